The number of hydrogen-bond acceptors (Lipinski definition) is 5. The number of aromatic nitrogens is 2. The quantitative estimate of drug-likeness (QED) is 0.476. The molecule has 0 spiro atoms. The largest absolute Gasteiger partial charge is 0.368 e. The van der Waals surface area contributed by atoms with Gasteiger partial charge in [-0.05, 0) is 48.0 Å². The van der Waals surface area contributed by atoms with Gasteiger partial charge in [-0.15, -0.1) is 0 Å². The van der Waals surface area contributed by atoms with Crippen LogP contribution in [0.1, 0.15) is 18.0 Å². The van der Waals surface area contributed by atoms with E-state index in [1.54, 1.807) is 11.2 Å². The molecule has 0 radical (unpaired) electrons. The molecular formula is C27H25N5O2. The maximum absolute atomic E-state index is 12.8. The van der Waals surface area contributed by atoms with E-state index in [4.69, 9.17) is 0 Å². The molecule has 2 fully saturated rings. The summed E-state index contributed by atoms with van der Waals surface area (Å²) in [5, 5.41) is 0. The molecule has 0 aliphatic carbocycles. The van der Waals surface area contributed by atoms with Gasteiger partial charge in [0.25, 0.3) is 0 Å². The van der Waals surface area contributed by atoms with Gasteiger partial charge in [0.15, 0.2) is 5.78 Å². The summed E-state index contributed by atoms with van der Waals surface area (Å²) in [6.07, 6.45) is 1.55. The summed E-state index contributed by atoms with van der Waals surface area (Å²) < 4.78 is 0. The fraction of sp³-hybridized carbons (Fsp3) is 0.222. The van der Waals surface area contributed by atoms with Crippen molar-refractivity contribution in [3.8, 4) is 0 Å². The van der Waals surface area contributed by atoms with Gasteiger partial charge in [-0.3, -0.25) is 14.5 Å². The highest BCUT2D eigenvalue weighted by Gasteiger charge is 2.40. The molecular weight excluding hydrogens is 426 g/mol. The monoisotopic (exact) mass is 451 g/mol. The van der Waals surface area contributed by atoms with E-state index in [1.807, 2.05) is 36.4 Å². The van der Waals surface area contributed by atoms with Crippen molar-refractivity contribution in [3.05, 3.63) is 84.7 Å². The standard InChI is InChI=1S/C27H25N5O2/c33-25-17-26(34)32(22-10-11-23-24(16-22)29-18-28-23)27(25)19-6-8-21(9-7-19)31-14-12-30(13-15-31)20-4-2-1-3-5-20/h1-11,16,18,27H,12-15,17H2,(H,28,29). The number of nitrogens with one attached hydrogen (secondary N) is 1. The van der Waals surface area contributed by atoms with E-state index in [1.165, 1.54) is 5.69 Å². The summed E-state index contributed by atoms with van der Waals surface area (Å²) in [6, 6.07) is 23.6. The van der Waals surface area contributed by atoms with Crippen LogP contribution in [0.3, 0.4) is 0 Å². The predicted molar refractivity (Wildman–Crippen MR) is 133 cm³/mol. The fourth-order valence-electron chi connectivity index (χ4n) is 5.05. The number of hydrogen-bond donors (Lipinski definition) is 1. The Balaban J connectivity index is 1.21. The Morgan fingerprint density at radius 3 is 2.12 bits per heavy atom. The van der Waals surface area contributed by atoms with Crippen LogP contribution in [0.5, 0.6) is 0 Å². The lowest BCUT2D eigenvalue weighted by atomic mass is 10.0. The van der Waals surface area contributed by atoms with Crippen molar-refractivity contribution in [1.82, 2.24) is 9.97 Å². The number of imidazole rings is 1. The topological polar surface area (TPSA) is 72.5 Å². The predicted octanol–water partition coefficient (Wildman–Crippen LogP) is 3.94. The molecule has 34 heavy (non-hydrogen) atoms. The number of nitrogens with zero attached hydrogens (tertiary/aromatic N) is 4. The molecule has 7 heteroatoms. The Kier molecular flexibility index (Phi) is 5.02. The summed E-state index contributed by atoms with van der Waals surface area (Å²) in [7, 11) is 0. The van der Waals surface area contributed by atoms with Crippen LogP contribution in [0.4, 0.5) is 17.1 Å². The fourth-order valence-corrected chi connectivity index (χ4v) is 5.05. The van der Waals surface area contributed by atoms with Gasteiger partial charge in [-0.2, -0.15) is 0 Å². The molecule has 7 nitrogen and oxygen atoms in total. The first kappa shape index (κ1) is 20.5. The van der Waals surface area contributed by atoms with Gasteiger partial charge >= 0.3 is 0 Å². The van der Waals surface area contributed by atoms with Crippen LogP contribution in [0.2, 0.25) is 0 Å². The first-order valence-corrected chi connectivity index (χ1v) is 11.6. The van der Waals surface area contributed by atoms with Crippen LogP contribution < -0.4 is 14.7 Å². The van der Waals surface area contributed by atoms with Gasteiger partial charge in [0.1, 0.15) is 6.04 Å². The Morgan fingerprint density at radius 2 is 1.41 bits per heavy atom. The molecule has 0 bridgehead atoms. The highest BCUT2D eigenvalue weighted by Crippen LogP contribution is 2.36. The van der Waals surface area contributed by atoms with E-state index in [0.717, 1.165) is 48.5 Å². The zero-order valence-electron chi connectivity index (χ0n) is 18.7. The van der Waals surface area contributed by atoms with Crippen molar-refractivity contribution in [2.75, 3.05) is 40.9 Å². The number of Topliss-reactive ketones (excluding diaryl/α,β-unsaturated/α-hetero) is 1. The van der Waals surface area contributed by atoms with Crippen molar-refractivity contribution in [2.45, 2.75) is 12.5 Å². The van der Waals surface area contributed by atoms with Gasteiger partial charge in [0, 0.05) is 43.2 Å². The third-order valence-electron chi connectivity index (χ3n) is 6.81. The minimum absolute atomic E-state index is 0.0704. The van der Waals surface area contributed by atoms with E-state index in [9.17, 15) is 9.59 Å². The SMILES string of the molecule is O=C1CC(=O)N(c2ccc3nc[nH]c3c2)C1c1ccc(N2CCN(c3ccccc3)CC2)cc1. The molecule has 2 aliphatic heterocycles. The maximum Gasteiger partial charge on any atom is 0.235 e. The second-order valence-corrected chi connectivity index (χ2v) is 8.81. The lowest BCUT2D eigenvalue weighted by Gasteiger charge is -2.37. The molecule has 4 aromatic rings. The summed E-state index contributed by atoms with van der Waals surface area (Å²) in [5.74, 6) is -0.242. The van der Waals surface area contributed by atoms with Crippen LogP contribution in [0.25, 0.3) is 11.0 Å². The first-order valence-electron chi connectivity index (χ1n) is 11.6. The average Bonchev–Trinajstić information content (AvgIpc) is 3.47. The van der Waals surface area contributed by atoms with Crippen LogP contribution in [0.15, 0.2) is 79.1 Å². The number of piperazine rings is 1. The molecule has 1 unspecified atom stereocenters. The van der Waals surface area contributed by atoms with Crippen molar-refractivity contribution in [1.29, 1.82) is 0 Å². The van der Waals surface area contributed by atoms with Crippen LogP contribution in [0, 0.1) is 0 Å². The summed E-state index contributed by atoms with van der Waals surface area (Å²) in [5.41, 5.74) is 5.61. The van der Waals surface area contributed by atoms with E-state index >= 15 is 0 Å². The third-order valence-corrected chi connectivity index (χ3v) is 6.81. The highest BCUT2D eigenvalue weighted by molar-refractivity contribution is 6.17. The van der Waals surface area contributed by atoms with E-state index in [-0.39, 0.29) is 18.1 Å². The smallest absolute Gasteiger partial charge is 0.235 e. The summed E-state index contributed by atoms with van der Waals surface area (Å²) in [4.78, 5) is 39.3. The third kappa shape index (κ3) is 3.59. The molecule has 2 aliphatic rings. The lowest BCUT2D eigenvalue weighted by molar-refractivity contribution is -0.121. The van der Waals surface area contributed by atoms with Gasteiger partial charge < -0.3 is 14.8 Å². The lowest BCUT2D eigenvalue weighted by Crippen LogP contribution is -2.46. The minimum Gasteiger partial charge on any atom is -0.368 e. The Hall–Kier alpha value is -4.13. The number of carbonyl (C=O) groups is 2. The van der Waals surface area contributed by atoms with Crippen molar-refractivity contribution in [3.63, 3.8) is 0 Å². The first-order chi connectivity index (χ1) is 16.7. The number of ketones is 1. The molecule has 3 aromatic carbocycles. The van der Waals surface area contributed by atoms with Crippen molar-refractivity contribution >= 4 is 39.8 Å². The molecule has 1 N–H and O–H groups in total. The Bertz CT molecular complexity index is 1340. The zero-order valence-corrected chi connectivity index (χ0v) is 18.7. The van der Waals surface area contributed by atoms with Crippen molar-refractivity contribution < 1.29 is 9.59 Å². The van der Waals surface area contributed by atoms with Gasteiger partial charge in [0.05, 0.1) is 23.8 Å². The number of benzene rings is 3. The molecule has 1 aromatic heterocycles. The molecule has 0 saturated carbocycles. The number of aromatic amines is 1. The molecule has 1 atom stereocenters. The van der Waals surface area contributed by atoms with Crippen LogP contribution in [-0.2, 0) is 9.59 Å². The summed E-state index contributed by atoms with van der Waals surface area (Å²) >= 11 is 0. The maximum atomic E-state index is 12.8. The van der Waals surface area contributed by atoms with E-state index in [0.29, 0.717) is 5.69 Å². The van der Waals surface area contributed by atoms with Crippen molar-refractivity contribution in [2.24, 2.45) is 0 Å². The van der Waals surface area contributed by atoms with Crippen LogP contribution >= 0.6 is 0 Å². The number of carbonyl (C=O) groups excluding carboxylic acids is 2. The van der Waals surface area contributed by atoms with E-state index in [2.05, 4.69) is 56.2 Å². The van der Waals surface area contributed by atoms with E-state index < -0.39 is 6.04 Å². The number of fused-ring (bicyclic) bond motifs is 1. The number of para-hydroxylation sites is 1. The Morgan fingerprint density at radius 1 is 0.765 bits per heavy atom. The minimum atomic E-state index is -0.600. The van der Waals surface area contributed by atoms with Crippen LogP contribution in [-0.4, -0.2) is 47.8 Å². The molecule has 1 amide bonds. The number of rotatable bonds is 4. The molecule has 2 saturated heterocycles. The number of amides is 1. The zero-order chi connectivity index (χ0) is 23.1. The van der Waals surface area contributed by atoms with Gasteiger partial charge in [-0.25, -0.2) is 4.98 Å². The van der Waals surface area contributed by atoms with Gasteiger partial charge in [-0.1, -0.05) is 30.3 Å². The Labute approximate surface area is 197 Å². The number of anilines is 3. The highest BCUT2D eigenvalue weighted by atomic mass is 16.2. The molecule has 6 rings (SSSR count). The number of H-pyrrole nitrogens is 1. The molecule has 3 heterocycles. The molecule has 170 valence electrons. The average molecular weight is 452 g/mol. The second kappa shape index (κ2) is 8.33. The van der Waals surface area contributed by atoms with Gasteiger partial charge in [0.2, 0.25) is 5.91 Å². The second-order valence-electron chi connectivity index (χ2n) is 8.81. The summed E-state index contributed by atoms with van der Waals surface area (Å²) in [6.45, 7) is 3.80. The normalized spacial score (nSPS) is 18.8.